The molecule has 2 N–H and O–H groups in total. The first-order chi connectivity index (χ1) is 7.09. The average molecular weight is 206 g/mol. The molecule has 1 heterocycles. The first-order valence-electron chi connectivity index (χ1n) is 4.01. The molecule has 0 saturated heterocycles. The number of nitro groups is 1. The SMILES string of the molecule is NC(=O)n1ncc2cc([N+](=O)[O-])ccc21. The van der Waals surface area contributed by atoms with Gasteiger partial charge in [0.1, 0.15) is 0 Å². The third kappa shape index (κ3) is 1.39. The van der Waals surface area contributed by atoms with E-state index in [1.165, 1.54) is 24.4 Å². The lowest BCUT2D eigenvalue weighted by Gasteiger charge is -1.95. The predicted molar refractivity (Wildman–Crippen MR) is 51.4 cm³/mol. The van der Waals surface area contributed by atoms with Crippen LogP contribution in [0.4, 0.5) is 10.5 Å². The van der Waals surface area contributed by atoms with Crippen molar-refractivity contribution in [1.29, 1.82) is 0 Å². The molecule has 1 aromatic carbocycles. The van der Waals surface area contributed by atoms with Crippen molar-refractivity contribution in [2.24, 2.45) is 5.73 Å². The van der Waals surface area contributed by atoms with Crippen LogP contribution in [0.2, 0.25) is 0 Å². The summed E-state index contributed by atoms with van der Waals surface area (Å²) in [6.07, 6.45) is 1.35. The van der Waals surface area contributed by atoms with Gasteiger partial charge in [-0.2, -0.15) is 9.78 Å². The second-order valence-corrected chi connectivity index (χ2v) is 2.89. The van der Waals surface area contributed by atoms with Gasteiger partial charge in [0.05, 0.1) is 16.6 Å². The lowest BCUT2D eigenvalue weighted by atomic mass is 10.2. The fourth-order valence-corrected chi connectivity index (χ4v) is 1.31. The number of hydrogen-bond donors (Lipinski definition) is 1. The molecule has 2 aromatic rings. The van der Waals surface area contributed by atoms with Gasteiger partial charge in [0.2, 0.25) is 0 Å². The molecule has 0 atom stereocenters. The van der Waals surface area contributed by atoms with Crippen LogP contribution in [0.5, 0.6) is 0 Å². The molecule has 1 amide bonds. The van der Waals surface area contributed by atoms with Gasteiger partial charge in [-0.25, -0.2) is 4.79 Å². The highest BCUT2D eigenvalue weighted by Crippen LogP contribution is 2.19. The van der Waals surface area contributed by atoms with Gasteiger partial charge in [-0.3, -0.25) is 10.1 Å². The topological polar surface area (TPSA) is 104 Å². The molecule has 0 aliphatic heterocycles. The molecular formula is C8H6N4O3. The van der Waals surface area contributed by atoms with Crippen LogP contribution in [0.1, 0.15) is 0 Å². The van der Waals surface area contributed by atoms with E-state index in [2.05, 4.69) is 5.10 Å². The lowest BCUT2D eigenvalue weighted by molar-refractivity contribution is -0.384. The second kappa shape index (κ2) is 3.05. The van der Waals surface area contributed by atoms with E-state index >= 15 is 0 Å². The number of fused-ring (bicyclic) bond motifs is 1. The number of amides is 1. The number of primary amides is 1. The quantitative estimate of drug-likeness (QED) is 0.552. The van der Waals surface area contributed by atoms with Crippen molar-refractivity contribution in [2.45, 2.75) is 0 Å². The molecule has 0 aliphatic rings. The molecule has 0 fully saturated rings. The summed E-state index contributed by atoms with van der Waals surface area (Å²) < 4.78 is 0.985. The number of non-ortho nitro benzene ring substituents is 1. The Hall–Kier alpha value is -2.44. The molecule has 0 spiro atoms. The van der Waals surface area contributed by atoms with Crippen LogP contribution in [-0.4, -0.2) is 20.7 Å². The minimum atomic E-state index is -0.723. The Morgan fingerprint density at radius 1 is 1.53 bits per heavy atom. The van der Waals surface area contributed by atoms with Gasteiger partial charge in [0.15, 0.2) is 0 Å². The smallest absolute Gasteiger partial charge is 0.340 e. The van der Waals surface area contributed by atoms with E-state index in [-0.39, 0.29) is 5.69 Å². The highest BCUT2D eigenvalue weighted by atomic mass is 16.6. The lowest BCUT2D eigenvalue weighted by Crippen LogP contribution is -2.20. The fourth-order valence-electron chi connectivity index (χ4n) is 1.31. The fraction of sp³-hybridized carbons (Fsp3) is 0. The monoisotopic (exact) mass is 206 g/mol. The molecule has 1 aromatic heterocycles. The van der Waals surface area contributed by atoms with Crippen molar-refractivity contribution in [3.63, 3.8) is 0 Å². The maximum Gasteiger partial charge on any atom is 0.340 e. The first kappa shape index (κ1) is 9.13. The van der Waals surface area contributed by atoms with E-state index in [9.17, 15) is 14.9 Å². The molecule has 0 saturated carbocycles. The summed E-state index contributed by atoms with van der Waals surface area (Å²) in [7, 11) is 0. The molecule has 7 nitrogen and oxygen atoms in total. The Balaban J connectivity index is 2.66. The molecular weight excluding hydrogens is 200 g/mol. The number of carbonyl (C=O) groups excluding carboxylic acids is 1. The van der Waals surface area contributed by atoms with Crippen molar-refractivity contribution in [3.05, 3.63) is 34.5 Å². The Morgan fingerprint density at radius 3 is 2.87 bits per heavy atom. The van der Waals surface area contributed by atoms with Crippen molar-refractivity contribution in [1.82, 2.24) is 9.78 Å². The standard InChI is InChI=1S/C8H6N4O3/c9-8(13)11-7-2-1-6(12(14)15)3-5(7)4-10-11/h1-4H,(H2,9,13). The Kier molecular flexibility index (Phi) is 1.86. The van der Waals surface area contributed by atoms with Crippen molar-refractivity contribution < 1.29 is 9.72 Å². The van der Waals surface area contributed by atoms with Crippen molar-refractivity contribution in [3.8, 4) is 0 Å². The number of hydrogen-bond acceptors (Lipinski definition) is 4. The molecule has 15 heavy (non-hydrogen) atoms. The number of nitro benzene ring substituents is 1. The molecule has 76 valence electrons. The Labute approximate surface area is 83.2 Å². The highest BCUT2D eigenvalue weighted by molar-refractivity contribution is 5.90. The zero-order chi connectivity index (χ0) is 11.0. The van der Waals surface area contributed by atoms with Crippen molar-refractivity contribution in [2.75, 3.05) is 0 Å². The minimum Gasteiger partial charge on any atom is -0.350 e. The summed E-state index contributed by atoms with van der Waals surface area (Å²) in [4.78, 5) is 20.8. The summed E-state index contributed by atoms with van der Waals surface area (Å²) in [6, 6.07) is 3.34. The first-order valence-corrected chi connectivity index (χ1v) is 4.01. The molecule has 0 unspecified atom stereocenters. The molecule has 0 bridgehead atoms. The summed E-state index contributed by atoms with van der Waals surface area (Å²) in [5.74, 6) is 0. The van der Waals surface area contributed by atoms with Crippen LogP contribution < -0.4 is 5.73 Å². The van der Waals surface area contributed by atoms with E-state index < -0.39 is 11.0 Å². The molecule has 0 aliphatic carbocycles. The summed E-state index contributed by atoms with van der Waals surface area (Å²) in [5.41, 5.74) is 5.45. The van der Waals surface area contributed by atoms with Crippen molar-refractivity contribution >= 4 is 22.6 Å². The number of rotatable bonds is 1. The maximum absolute atomic E-state index is 10.9. The number of carbonyl (C=O) groups is 1. The van der Waals surface area contributed by atoms with Crippen LogP contribution in [-0.2, 0) is 0 Å². The molecule has 0 radical (unpaired) electrons. The maximum atomic E-state index is 10.9. The van der Waals surface area contributed by atoms with E-state index in [1.807, 2.05) is 0 Å². The van der Waals surface area contributed by atoms with Gasteiger partial charge in [-0.05, 0) is 6.07 Å². The van der Waals surface area contributed by atoms with Crippen LogP contribution in [0.15, 0.2) is 24.4 Å². The van der Waals surface area contributed by atoms with E-state index in [4.69, 9.17) is 5.73 Å². The molecule has 7 heteroatoms. The Bertz CT molecular complexity index is 560. The minimum absolute atomic E-state index is 0.0495. The number of nitrogens with two attached hydrogens (primary N) is 1. The normalized spacial score (nSPS) is 10.4. The predicted octanol–water partition coefficient (Wildman–Crippen LogP) is 0.871. The zero-order valence-electron chi connectivity index (χ0n) is 7.45. The number of benzene rings is 1. The van der Waals surface area contributed by atoms with Crippen LogP contribution in [0.25, 0.3) is 10.9 Å². The van der Waals surface area contributed by atoms with Gasteiger partial charge in [-0.1, -0.05) is 0 Å². The summed E-state index contributed by atoms with van der Waals surface area (Å²) >= 11 is 0. The van der Waals surface area contributed by atoms with Crippen LogP contribution in [0, 0.1) is 10.1 Å². The number of nitrogens with zero attached hydrogens (tertiary/aromatic N) is 3. The van der Waals surface area contributed by atoms with E-state index in [0.29, 0.717) is 10.9 Å². The van der Waals surface area contributed by atoms with Gasteiger partial charge >= 0.3 is 6.03 Å². The van der Waals surface area contributed by atoms with Gasteiger partial charge < -0.3 is 5.73 Å². The van der Waals surface area contributed by atoms with Crippen LogP contribution in [0.3, 0.4) is 0 Å². The third-order valence-electron chi connectivity index (χ3n) is 1.97. The Morgan fingerprint density at radius 2 is 2.27 bits per heavy atom. The largest absolute Gasteiger partial charge is 0.350 e. The number of aromatic nitrogens is 2. The molecule has 2 rings (SSSR count). The van der Waals surface area contributed by atoms with E-state index in [0.717, 1.165) is 4.68 Å². The summed E-state index contributed by atoms with van der Waals surface area (Å²) in [6.45, 7) is 0. The zero-order valence-corrected chi connectivity index (χ0v) is 7.45. The second-order valence-electron chi connectivity index (χ2n) is 2.89. The van der Waals surface area contributed by atoms with Gasteiger partial charge in [0, 0.05) is 17.5 Å². The third-order valence-corrected chi connectivity index (χ3v) is 1.97. The van der Waals surface area contributed by atoms with Gasteiger partial charge in [-0.15, -0.1) is 0 Å². The van der Waals surface area contributed by atoms with Crippen LogP contribution >= 0.6 is 0 Å². The van der Waals surface area contributed by atoms with E-state index in [1.54, 1.807) is 0 Å². The highest BCUT2D eigenvalue weighted by Gasteiger charge is 2.11. The summed E-state index contributed by atoms with van der Waals surface area (Å²) in [5, 5.41) is 14.7. The van der Waals surface area contributed by atoms with Gasteiger partial charge in [0.25, 0.3) is 5.69 Å². The average Bonchev–Trinajstić information content (AvgIpc) is 2.59.